The minimum absolute atomic E-state index is 0.476. The van der Waals surface area contributed by atoms with Gasteiger partial charge in [0, 0.05) is 34.6 Å². The number of benzene rings is 1. The molecule has 0 saturated carbocycles. The average Bonchev–Trinajstić information content (AvgIpc) is 2.85. The average molecular weight is 357 g/mol. The number of aromatic nitrogens is 2. The number of pyridine rings is 1. The molecule has 2 nitrogen and oxygen atoms in total. The van der Waals surface area contributed by atoms with E-state index in [9.17, 15) is 0 Å². The molecule has 0 spiro atoms. The second-order valence-electron chi connectivity index (χ2n) is 6.20. The number of aryl methyl sites for hydroxylation is 1. The van der Waals surface area contributed by atoms with Gasteiger partial charge in [0.2, 0.25) is 0 Å². The highest BCUT2D eigenvalue weighted by Crippen LogP contribution is 2.37. The fourth-order valence-electron chi connectivity index (χ4n) is 2.72. The molecule has 2 heterocycles. The summed E-state index contributed by atoms with van der Waals surface area (Å²) in [6.07, 6.45) is 3.70. The number of halogens is 1. The third-order valence-corrected chi connectivity index (χ3v) is 5.38. The van der Waals surface area contributed by atoms with Crippen molar-refractivity contribution in [1.29, 1.82) is 0 Å². The van der Waals surface area contributed by atoms with Crippen molar-refractivity contribution in [3.05, 3.63) is 76.7 Å². The van der Waals surface area contributed by atoms with Crippen LogP contribution >= 0.6 is 23.4 Å². The molecule has 24 heavy (non-hydrogen) atoms. The first-order valence-corrected chi connectivity index (χ1v) is 9.26. The highest BCUT2D eigenvalue weighted by atomic mass is 35.5. The van der Waals surface area contributed by atoms with Gasteiger partial charge >= 0.3 is 0 Å². The van der Waals surface area contributed by atoms with Crippen LogP contribution in [0, 0.1) is 6.92 Å². The van der Waals surface area contributed by atoms with Gasteiger partial charge in [-0.25, -0.2) is 0 Å². The predicted molar refractivity (Wildman–Crippen MR) is 102 cm³/mol. The normalized spacial score (nSPS) is 11.2. The smallest absolute Gasteiger partial charge is 0.0836 e. The Morgan fingerprint density at radius 3 is 2.54 bits per heavy atom. The lowest BCUT2D eigenvalue weighted by molar-refractivity contribution is 0.689. The first kappa shape index (κ1) is 17.1. The quantitative estimate of drug-likeness (QED) is 0.544. The summed E-state index contributed by atoms with van der Waals surface area (Å²) in [5.41, 5.74) is 3.92. The third-order valence-electron chi connectivity index (χ3n) is 4.00. The lowest BCUT2D eigenvalue weighted by atomic mass is 10.1. The van der Waals surface area contributed by atoms with Crippen LogP contribution in [-0.4, -0.2) is 9.55 Å². The Balaban J connectivity index is 2.01. The number of hydrogen-bond donors (Lipinski definition) is 0. The van der Waals surface area contributed by atoms with Crippen molar-refractivity contribution >= 4 is 23.4 Å². The van der Waals surface area contributed by atoms with Crippen LogP contribution in [0.15, 0.2) is 64.8 Å². The van der Waals surface area contributed by atoms with E-state index in [1.165, 1.54) is 26.7 Å². The molecule has 2 aromatic heterocycles. The lowest BCUT2D eigenvalue weighted by Gasteiger charge is -2.14. The topological polar surface area (TPSA) is 17.8 Å². The second kappa shape index (κ2) is 7.45. The summed E-state index contributed by atoms with van der Waals surface area (Å²) >= 11 is 7.95. The van der Waals surface area contributed by atoms with E-state index in [2.05, 4.69) is 54.6 Å². The van der Waals surface area contributed by atoms with Crippen LogP contribution in [0.5, 0.6) is 0 Å². The molecule has 0 atom stereocenters. The Bertz CT molecular complexity index is 825. The Morgan fingerprint density at radius 2 is 1.88 bits per heavy atom. The van der Waals surface area contributed by atoms with E-state index in [1.807, 2.05) is 30.6 Å². The molecule has 0 aliphatic carbocycles. The van der Waals surface area contributed by atoms with E-state index in [4.69, 9.17) is 11.6 Å². The minimum Gasteiger partial charge on any atom is -0.335 e. The molecule has 0 unspecified atom stereocenters. The first-order valence-electron chi connectivity index (χ1n) is 8.07. The zero-order valence-corrected chi connectivity index (χ0v) is 15.7. The van der Waals surface area contributed by atoms with Gasteiger partial charge in [-0.1, -0.05) is 43.3 Å². The Kier molecular flexibility index (Phi) is 5.32. The number of hydrogen-bond acceptors (Lipinski definition) is 2. The maximum Gasteiger partial charge on any atom is 0.0836 e. The van der Waals surface area contributed by atoms with Gasteiger partial charge < -0.3 is 4.57 Å². The Morgan fingerprint density at radius 1 is 1.12 bits per heavy atom. The molecule has 1 aromatic carbocycles. The molecule has 3 aromatic rings. The molecule has 4 heteroatoms. The summed E-state index contributed by atoms with van der Waals surface area (Å²) in [7, 11) is 0. The lowest BCUT2D eigenvalue weighted by Crippen LogP contribution is -2.04. The molecule has 0 N–H and O–H groups in total. The summed E-state index contributed by atoms with van der Waals surface area (Å²) in [6.45, 7) is 7.51. The van der Waals surface area contributed by atoms with Crippen LogP contribution in [0.2, 0.25) is 5.02 Å². The summed E-state index contributed by atoms with van der Waals surface area (Å²) in [5, 5.41) is 2.07. The monoisotopic (exact) mass is 356 g/mol. The summed E-state index contributed by atoms with van der Waals surface area (Å²) < 4.78 is 2.39. The van der Waals surface area contributed by atoms with Crippen LogP contribution < -0.4 is 0 Å². The van der Waals surface area contributed by atoms with Gasteiger partial charge in [-0.15, -0.1) is 0 Å². The third kappa shape index (κ3) is 3.85. The molecule has 0 aliphatic rings. The first-order chi connectivity index (χ1) is 11.5. The molecular formula is C20H21ClN2S. The largest absolute Gasteiger partial charge is 0.335 e. The molecule has 0 saturated heterocycles. The SMILES string of the molecule is Cc1cc(C(C)C)c(Sc2cccc(Cl)c2)n1Cc1ccncc1. The highest BCUT2D eigenvalue weighted by molar-refractivity contribution is 7.99. The van der Waals surface area contributed by atoms with Crippen LogP contribution in [0.4, 0.5) is 0 Å². The molecular weight excluding hydrogens is 336 g/mol. The van der Waals surface area contributed by atoms with Gasteiger partial charge in [0.05, 0.1) is 5.03 Å². The van der Waals surface area contributed by atoms with Gasteiger partial charge in [0.1, 0.15) is 0 Å². The fraction of sp³-hybridized carbons (Fsp3) is 0.250. The molecule has 124 valence electrons. The second-order valence-corrected chi connectivity index (χ2v) is 7.70. The predicted octanol–water partition coefficient (Wildman–Crippen LogP) is 6.17. The van der Waals surface area contributed by atoms with Gasteiger partial charge in [-0.05, 0) is 60.4 Å². The standard InChI is InChI=1S/C20H21ClN2S/c1-14(2)19-11-15(3)23(13-16-7-9-22-10-8-16)20(19)24-18-6-4-5-17(21)12-18/h4-12,14H,13H2,1-3H3. The Hall–Kier alpha value is -1.71. The van der Waals surface area contributed by atoms with Crippen LogP contribution in [0.3, 0.4) is 0 Å². The highest BCUT2D eigenvalue weighted by Gasteiger charge is 2.17. The fourth-order valence-corrected chi connectivity index (χ4v) is 4.26. The van der Waals surface area contributed by atoms with Crippen molar-refractivity contribution in [3.63, 3.8) is 0 Å². The van der Waals surface area contributed by atoms with E-state index in [1.54, 1.807) is 11.8 Å². The van der Waals surface area contributed by atoms with Crippen molar-refractivity contribution in [2.75, 3.05) is 0 Å². The summed E-state index contributed by atoms with van der Waals surface area (Å²) in [6, 6.07) is 14.5. The molecule has 0 amide bonds. The van der Waals surface area contributed by atoms with E-state index in [0.717, 1.165) is 11.6 Å². The van der Waals surface area contributed by atoms with Crippen molar-refractivity contribution in [2.45, 2.75) is 43.2 Å². The summed E-state index contributed by atoms with van der Waals surface area (Å²) in [5.74, 6) is 0.476. The van der Waals surface area contributed by atoms with E-state index >= 15 is 0 Å². The van der Waals surface area contributed by atoms with Gasteiger partial charge in [-0.2, -0.15) is 0 Å². The van der Waals surface area contributed by atoms with Crippen LogP contribution in [-0.2, 0) is 6.54 Å². The molecule has 3 rings (SSSR count). The zero-order valence-electron chi connectivity index (χ0n) is 14.2. The van der Waals surface area contributed by atoms with E-state index in [0.29, 0.717) is 5.92 Å². The molecule has 0 radical (unpaired) electrons. The Labute approximate surface area is 152 Å². The van der Waals surface area contributed by atoms with Crippen LogP contribution in [0.25, 0.3) is 0 Å². The van der Waals surface area contributed by atoms with Crippen LogP contribution in [0.1, 0.15) is 36.6 Å². The van der Waals surface area contributed by atoms with E-state index in [-0.39, 0.29) is 0 Å². The number of nitrogens with zero attached hydrogens (tertiary/aromatic N) is 2. The van der Waals surface area contributed by atoms with Crippen molar-refractivity contribution < 1.29 is 0 Å². The van der Waals surface area contributed by atoms with E-state index < -0.39 is 0 Å². The number of rotatable bonds is 5. The maximum atomic E-state index is 6.16. The maximum absolute atomic E-state index is 6.16. The molecule has 0 fully saturated rings. The van der Waals surface area contributed by atoms with Gasteiger partial charge in [0.15, 0.2) is 0 Å². The van der Waals surface area contributed by atoms with Gasteiger partial charge in [0.25, 0.3) is 0 Å². The van der Waals surface area contributed by atoms with Crippen molar-refractivity contribution in [1.82, 2.24) is 9.55 Å². The zero-order chi connectivity index (χ0) is 17.1. The molecule has 0 bridgehead atoms. The minimum atomic E-state index is 0.476. The molecule has 0 aliphatic heterocycles. The van der Waals surface area contributed by atoms with Crippen molar-refractivity contribution in [2.24, 2.45) is 0 Å². The van der Waals surface area contributed by atoms with Gasteiger partial charge in [-0.3, -0.25) is 4.98 Å². The summed E-state index contributed by atoms with van der Waals surface area (Å²) in [4.78, 5) is 5.28. The van der Waals surface area contributed by atoms with Crippen molar-refractivity contribution in [3.8, 4) is 0 Å².